The van der Waals surface area contributed by atoms with Crippen LogP contribution in [0, 0.1) is 0 Å². The summed E-state index contributed by atoms with van der Waals surface area (Å²) < 4.78 is 0. The lowest BCUT2D eigenvalue weighted by Crippen LogP contribution is -2.45. The summed E-state index contributed by atoms with van der Waals surface area (Å²) >= 11 is 0. The minimum absolute atomic E-state index is 0.591. The Hall–Kier alpha value is -0.0800. The van der Waals surface area contributed by atoms with E-state index in [1.165, 1.54) is 0 Å². The Labute approximate surface area is 83.7 Å². The van der Waals surface area contributed by atoms with Crippen molar-refractivity contribution >= 4 is 0 Å². The Morgan fingerprint density at radius 3 is 1.92 bits per heavy atom. The van der Waals surface area contributed by atoms with Gasteiger partial charge in [-0.05, 0) is 27.3 Å². The van der Waals surface area contributed by atoms with Gasteiger partial charge >= 0.3 is 0 Å². The molecule has 1 atom stereocenters. The second-order valence-electron chi connectivity index (χ2n) is 4.34. The fraction of sp³-hybridized carbons (Fsp3) is 1.00. The zero-order chi connectivity index (χ0) is 10.4. The molecule has 2 nitrogen and oxygen atoms in total. The van der Waals surface area contributed by atoms with E-state index in [0.29, 0.717) is 18.1 Å². The quantitative estimate of drug-likeness (QED) is 0.683. The van der Waals surface area contributed by atoms with Crippen LogP contribution in [0.15, 0.2) is 0 Å². The van der Waals surface area contributed by atoms with Gasteiger partial charge in [-0.1, -0.05) is 20.8 Å². The van der Waals surface area contributed by atoms with Gasteiger partial charge in [0.1, 0.15) is 0 Å². The summed E-state index contributed by atoms with van der Waals surface area (Å²) in [5, 5.41) is 3.47. The Balaban J connectivity index is 3.84. The molecular weight excluding hydrogens is 160 g/mol. The van der Waals surface area contributed by atoms with E-state index in [9.17, 15) is 0 Å². The van der Waals surface area contributed by atoms with Crippen molar-refractivity contribution in [2.75, 3.05) is 13.1 Å². The minimum Gasteiger partial charge on any atom is -0.313 e. The lowest BCUT2D eigenvalue weighted by atomic mass is 10.2. The van der Waals surface area contributed by atoms with Crippen LogP contribution in [0.4, 0.5) is 0 Å². The number of hydrogen-bond acceptors (Lipinski definition) is 2. The summed E-state index contributed by atoms with van der Waals surface area (Å²) in [6.07, 6.45) is 0. The maximum Gasteiger partial charge on any atom is 0.0195 e. The predicted octanol–water partition coefficient (Wildman–Crippen LogP) is 2.10. The Morgan fingerprint density at radius 1 is 1.08 bits per heavy atom. The molecule has 0 saturated carbocycles. The highest BCUT2D eigenvalue weighted by atomic mass is 15.2. The number of hydrogen-bond donors (Lipinski definition) is 1. The largest absolute Gasteiger partial charge is 0.313 e. The van der Waals surface area contributed by atoms with Gasteiger partial charge in [0.25, 0.3) is 0 Å². The first-order valence-corrected chi connectivity index (χ1v) is 5.48. The maximum absolute atomic E-state index is 3.47. The molecule has 0 aliphatic heterocycles. The zero-order valence-corrected chi connectivity index (χ0v) is 10.1. The lowest BCUT2D eigenvalue weighted by molar-refractivity contribution is 0.168. The molecule has 0 aromatic heterocycles. The molecule has 13 heavy (non-hydrogen) atoms. The van der Waals surface area contributed by atoms with Gasteiger partial charge in [0, 0.05) is 24.7 Å². The molecule has 0 heterocycles. The van der Waals surface area contributed by atoms with Crippen LogP contribution in [-0.2, 0) is 0 Å². The molecule has 0 saturated heterocycles. The Morgan fingerprint density at radius 2 is 1.62 bits per heavy atom. The summed E-state index contributed by atoms with van der Waals surface area (Å²) in [6.45, 7) is 15.6. The van der Waals surface area contributed by atoms with E-state index in [1.807, 2.05) is 0 Å². The molecule has 0 radical (unpaired) electrons. The van der Waals surface area contributed by atoms with Crippen LogP contribution < -0.4 is 5.32 Å². The third-order valence-corrected chi connectivity index (χ3v) is 2.42. The maximum atomic E-state index is 3.47. The van der Waals surface area contributed by atoms with Crippen LogP contribution in [0.3, 0.4) is 0 Å². The summed E-state index contributed by atoms with van der Waals surface area (Å²) in [6, 6.07) is 1.87. The summed E-state index contributed by atoms with van der Waals surface area (Å²) in [5.41, 5.74) is 0. The minimum atomic E-state index is 0.591. The fourth-order valence-corrected chi connectivity index (χ4v) is 1.71. The molecule has 2 heteroatoms. The van der Waals surface area contributed by atoms with E-state index in [0.717, 1.165) is 13.1 Å². The van der Waals surface area contributed by atoms with E-state index in [2.05, 4.69) is 51.8 Å². The van der Waals surface area contributed by atoms with Gasteiger partial charge in [-0.25, -0.2) is 0 Å². The van der Waals surface area contributed by atoms with E-state index >= 15 is 0 Å². The smallest absolute Gasteiger partial charge is 0.0195 e. The van der Waals surface area contributed by atoms with Gasteiger partial charge in [-0.2, -0.15) is 0 Å². The van der Waals surface area contributed by atoms with E-state index in [4.69, 9.17) is 0 Å². The third kappa shape index (κ3) is 5.27. The zero-order valence-electron chi connectivity index (χ0n) is 10.1. The van der Waals surface area contributed by atoms with Gasteiger partial charge in [0.05, 0.1) is 0 Å². The fourth-order valence-electron chi connectivity index (χ4n) is 1.71. The number of rotatable bonds is 6. The van der Waals surface area contributed by atoms with Crippen LogP contribution in [-0.4, -0.2) is 36.1 Å². The molecule has 1 N–H and O–H groups in total. The third-order valence-electron chi connectivity index (χ3n) is 2.42. The number of nitrogens with one attached hydrogen (secondary N) is 1. The summed E-state index contributed by atoms with van der Waals surface area (Å²) in [5.74, 6) is 0. The van der Waals surface area contributed by atoms with Crippen LogP contribution in [0.5, 0.6) is 0 Å². The molecular formula is C11H26N2. The number of nitrogens with zero attached hydrogens (tertiary/aromatic N) is 1. The molecule has 0 aliphatic rings. The standard InChI is InChI=1S/C11H26N2/c1-7-13(10(4)5)11(6)8-12-9(2)3/h9-12H,7-8H2,1-6H3. The molecule has 0 spiro atoms. The second-order valence-corrected chi connectivity index (χ2v) is 4.34. The summed E-state index contributed by atoms with van der Waals surface area (Å²) in [7, 11) is 0. The highest BCUT2D eigenvalue weighted by Crippen LogP contribution is 2.03. The van der Waals surface area contributed by atoms with Crippen molar-refractivity contribution in [3.63, 3.8) is 0 Å². The number of likely N-dealkylation sites (N-methyl/N-ethyl adjacent to an activating group) is 1. The van der Waals surface area contributed by atoms with Crippen LogP contribution in [0.1, 0.15) is 41.5 Å². The Bertz CT molecular complexity index is 121. The van der Waals surface area contributed by atoms with Gasteiger partial charge in [-0.15, -0.1) is 0 Å². The van der Waals surface area contributed by atoms with Gasteiger partial charge < -0.3 is 5.32 Å². The van der Waals surface area contributed by atoms with Crippen LogP contribution >= 0.6 is 0 Å². The van der Waals surface area contributed by atoms with Crippen molar-refractivity contribution in [3.05, 3.63) is 0 Å². The second kappa shape index (κ2) is 6.39. The molecule has 0 fully saturated rings. The van der Waals surface area contributed by atoms with E-state index in [1.54, 1.807) is 0 Å². The molecule has 0 bridgehead atoms. The molecule has 0 aromatic rings. The van der Waals surface area contributed by atoms with E-state index < -0.39 is 0 Å². The average Bonchev–Trinajstić information content (AvgIpc) is 2.01. The van der Waals surface area contributed by atoms with Crippen LogP contribution in [0.2, 0.25) is 0 Å². The summed E-state index contributed by atoms with van der Waals surface area (Å²) in [4.78, 5) is 2.51. The monoisotopic (exact) mass is 186 g/mol. The van der Waals surface area contributed by atoms with Crippen molar-refractivity contribution in [1.29, 1.82) is 0 Å². The van der Waals surface area contributed by atoms with Gasteiger partial charge in [0.2, 0.25) is 0 Å². The first-order chi connectivity index (χ1) is 5.99. The molecule has 0 amide bonds. The SMILES string of the molecule is CCN(C(C)C)C(C)CNC(C)C. The molecule has 0 aromatic carbocycles. The van der Waals surface area contributed by atoms with Gasteiger partial charge in [-0.3, -0.25) is 4.90 Å². The average molecular weight is 186 g/mol. The van der Waals surface area contributed by atoms with Crippen molar-refractivity contribution in [2.24, 2.45) is 0 Å². The van der Waals surface area contributed by atoms with Crippen molar-refractivity contribution in [3.8, 4) is 0 Å². The lowest BCUT2D eigenvalue weighted by Gasteiger charge is -2.32. The van der Waals surface area contributed by atoms with E-state index in [-0.39, 0.29) is 0 Å². The highest BCUT2D eigenvalue weighted by Gasteiger charge is 2.14. The van der Waals surface area contributed by atoms with Crippen LogP contribution in [0.25, 0.3) is 0 Å². The first kappa shape index (κ1) is 12.9. The molecule has 1 unspecified atom stereocenters. The highest BCUT2D eigenvalue weighted by molar-refractivity contribution is 4.72. The normalized spacial score (nSPS) is 14.5. The Kier molecular flexibility index (Phi) is 6.35. The topological polar surface area (TPSA) is 15.3 Å². The van der Waals surface area contributed by atoms with Gasteiger partial charge in [0.15, 0.2) is 0 Å². The van der Waals surface area contributed by atoms with Crippen molar-refractivity contribution in [1.82, 2.24) is 10.2 Å². The van der Waals surface area contributed by atoms with Crippen molar-refractivity contribution in [2.45, 2.75) is 59.7 Å². The predicted molar refractivity (Wildman–Crippen MR) is 60.1 cm³/mol. The molecule has 0 rings (SSSR count). The first-order valence-electron chi connectivity index (χ1n) is 5.48. The molecule has 0 aliphatic carbocycles. The van der Waals surface area contributed by atoms with Crippen molar-refractivity contribution < 1.29 is 0 Å². The molecule has 80 valence electrons.